The summed E-state index contributed by atoms with van der Waals surface area (Å²) in [6.07, 6.45) is -4.74. The number of aryl methyl sites for hydroxylation is 1. The van der Waals surface area contributed by atoms with Gasteiger partial charge in [0, 0.05) is 6.54 Å². The normalized spacial score (nSPS) is 11.6. The Hall–Kier alpha value is -1.73. The third-order valence-corrected chi connectivity index (χ3v) is 2.04. The molecule has 0 bridgehead atoms. The molecule has 0 aliphatic carbocycles. The van der Waals surface area contributed by atoms with Crippen LogP contribution in [0.1, 0.15) is 29.9 Å². The second-order valence-electron chi connectivity index (χ2n) is 3.14. The number of hydrogen-bond acceptors (Lipinski definition) is 4. The number of ether oxygens (including phenoxy) is 1. The number of esters is 1. The maximum absolute atomic E-state index is 12.7. The summed E-state index contributed by atoms with van der Waals surface area (Å²) in [5.41, 5.74) is 3.28. The highest BCUT2D eigenvalue weighted by atomic mass is 19.4. The Morgan fingerprint density at radius 2 is 2.06 bits per heavy atom. The van der Waals surface area contributed by atoms with E-state index >= 15 is 0 Å². The molecule has 1 heterocycles. The zero-order valence-electron chi connectivity index (χ0n) is 9.34. The molecule has 0 spiro atoms. The summed E-state index contributed by atoms with van der Waals surface area (Å²) in [5.74, 6) is -1.71. The van der Waals surface area contributed by atoms with Crippen molar-refractivity contribution in [3.63, 3.8) is 0 Å². The topological polar surface area (TPSA) is 70.1 Å². The van der Waals surface area contributed by atoms with Crippen LogP contribution < -0.4 is 5.73 Å². The third kappa shape index (κ3) is 2.51. The predicted molar refractivity (Wildman–Crippen MR) is 53.3 cm³/mol. The highest BCUT2D eigenvalue weighted by Gasteiger charge is 2.41. The number of carbonyl (C=O) groups is 1. The van der Waals surface area contributed by atoms with Crippen molar-refractivity contribution < 1.29 is 22.7 Å². The molecule has 96 valence electrons. The fraction of sp³-hybridized carbons (Fsp3) is 0.556. The monoisotopic (exact) mass is 251 g/mol. The summed E-state index contributed by atoms with van der Waals surface area (Å²) in [6.45, 7) is 3.16. The van der Waals surface area contributed by atoms with Crippen molar-refractivity contribution in [2.45, 2.75) is 26.6 Å². The molecule has 0 unspecified atom stereocenters. The SMILES string of the molecule is CCOC(=O)c1nn(CC)c(N)c1C(F)(F)F. The molecule has 0 aliphatic heterocycles. The minimum absolute atomic E-state index is 0.0327. The lowest BCUT2D eigenvalue weighted by Gasteiger charge is -2.07. The van der Waals surface area contributed by atoms with Crippen LogP contribution in [0.4, 0.5) is 19.0 Å². The maximum Gasteiger partial charge on any atom is 0.422 e. The fourth-order valence-electron chi connectivity index (χ4n) is 1.34. The molecular weight excluding hydrogens is 239 g/mol. The molecule has 0 saturated heterocycles. The molecule has 1 aromatic rings. The number of anilines is 1. The minimum atomic E-state index is -4.74. The van der Waals surface area contributed by atoms with Gasteiger partial charge in [0.25, 0.3) is 0 Å². The van der Waals surface area contributed by atoms with E-state index < -0.39 is 29.2 Å². The first kappa shape index (κ1) is 13.3. The number of alkyl halides is 3. The van der Waals surface area contributed by atoms with Crippen LogP contribution in [-0.4, -0.2) is 22.4 Å². The van der Waals surface area contributed by atoms with Gasteiger partial charge in [0.2, 0.25) is 0 Å². The summed E-state index contributed by atoms with van der Waals surface area (Å²) < 4.78 is 43.6. The van der Waals surface area contributed by atoms with Gasteiger partial charge in [-0.05, 0) is 13.8 Å². The summed E-state index contributed by atoms with van der Waals surface area (Å²) in [4.78, 5) is 11.3. The standard InChI is InChI=1S/C9H12F3N3O2/c1-3-15-7(13)5(9(10,11)12)6(14-15)8(16)17-4-2/h3-4,13H2,1-2H3. The van der Waals surface area contributed by atoms with Gasteiger partial charge in [-0.25, -0.2) is 9.48 Å². The van der Waals surface area contributed by atoms with Gasteiger partial charge in [0.05, 0.1) is 6.61 Å². The number of rotatable bonds is 3. The second kappa shape index (κ2) is 4.64. The number of halogens is 3. The summed E-state index contributed by atoms with van der Waals surface area (Å²) in [7, 11) is 0. The van der Waals surface area contributed by atoms with Crippen molar-refractivity contribution in [2.24, 2.45) is 0 Å². The molecule has 17 heavy (non-hydrogen) atoms. The van der Waals surface area contributed by atoms with Crippen LogP contribution in [0.5, 0.6) is 0 Å². The zero-order chi connectivity index (χ0) is 13.2. The minimum Gasteiger partial charge on any atom is -0.461 e. The molecule has 0 fully saturated rings. The van der Waals surface area contributed by atoms with Crippen molar-refractivity contribution in [3.05, 3.63) is 11.3 Å². The molecular formula is C9H12F3N3O2. The number of carbonyl (C=O) groups excluding carboxylic acids is 1. The first-order chi connectivity index (χ1) is 7.82. The van der Waals surface area contributed by atoms with Crippen molar-refractivity contribution in [1.82, 2.24) is 9.78 Å². The Morgan fingerprint density at radius 1 is 1.47 bits per heavy atom. The van der Waals surface area contributed by atoms with Gasteiger partial charge >= 0.3 is 12.1 Å². The average Bonchev–Trinajstić information content (AvgIpc) is 2.55. The van der Waals surface area contributed by atoms with Gasteiger partial charge in [0.1, 0.15) is 11.4 Å². The van der Waals surface area contributed by atoms with Gasteiger partial charge < -0.3 is 10.5 Å². The largest absolute Gasteiger partial charge is 0.461 e. The summed E-state index contributed by atoms with van der Waals surface area (Å²) in [5, 5.41) is 3.51. The van der Waals surface area contributed by atoms with E-state index in [0.29, 0.717) is 0 Å². The Morgan fingerprint density at radius 3 is 2.47 bits per heavy atom. The third-order valence-electron chi connectivity index (χ3n) is 2.04. The van der Waals surface area contributed by atoms with Gasteiger partial charge in [0.15, 0.2) is 5.69 Å². The van der Waals surface area contributed by atoms with Crippen LogP contribution in [0.2, 0.25) is 0 Å². The number of nitrogen functional groups attached to an aromatic ring is 1. The van der Waals surface area contributed by atoms with Crippen molar-refractivity contribution in [2.75, 3.05) is 12.3 Å². The van der Waals surface area contributed by atoms with E-state index in [1.807, 2.05) is 0 Å². The Bertz CT molecular complexity index is 426. The summed E-state index contributed by atoms with van der Waals surface area (Å²) in [6, 6.07) is 0. The molecule has 0 radical (unpaired) electrons. The lowest BCUT2D eigenvalue weighted by Crippen LogP contribution is -2.15. The molecule has 8 heteroatoms. The molecule has 0 aliphatic rings. The molecule has 1 aromatic heterocycles. The van der Waals surface area contributed by atoms with Crippen LogP contribution in [0.3, 0.4) is 0 Å². The van der Waals surface area contributed by atoms with Crippen LogP contribution in [0.15, 0.2) is 0 Å². The number of nitrogens with zero attached hydrogens (tertiary/aromatic N) is 2. The van der Waals surface area contributed by atoms with E-state index in [1.54, 1.807) is 6.92 Å². The van der Waals surface area contributed by atoms with Gasteiger partial charge in [-0.3, -0.25) is 0 Å². The smallest absolute Gasteiger partial charge is 0.422 e. The van der Waals surface area contributed by atoms with Crippen LogP contribution in [0, 0.1) is 0 Å². The lowest BCUT2D eigenvalue weighted by atomic mass is 10.2. The molecule has 1 rings (SSSR count). The molecule has 2 N–H and O–H groups in total. The first-order valence-electron chi connectivity index (χ1n) is 4.93. The van der Waals surface area contributed by atoms with E-state index in [9.17, 15) is 18.0 Å². The zero-order valence-corrected chi connectivity index (χ0v) is 9.34. The molecule has 0 aromatic carbocycles. The molecule has 0 atom stereocenters. The first-order valence-corrected chi connectivity index (χ1v) is 4.93. The van der Waals surface area contributed by atoms with Gasteiger partial charge in [-0.15, -0.1) is 0 Å². The van der Waals surface area contributed by atoms with Gasteiger partial charge in [-0.1, -0.05) is 0 Å². The summed E-state index contributed by atoms with van der Waals surface area (Å²) >= 11 is 0. The Balaban J connectivity index is 3.34. The second-order valence-corrected chi connectivity index (χ2v) is 3.14. The van der Waals surface area contributed by atoms with Gasteiger partial charge in [-0.2, -0.15) is 18.3 Å². The molecule has 0 saturated carbocycles. The highest BCUT2D eigenvalue weighted by Crippen LogP contribution is 2.36. The average molecular weight is 251 g/mol. The number of aromatic nitrogens is 2. The highest BCUT2D eigenvalue weighted by molar-refractivity contribution is 5.90. The molecule has 5 nitrogen and oxygen atoms in total. The maximum atomic E-state index is 12.7. The van der Waals surface area contributed by atoms with E-state index in [2.05, 4.69) is 9.84 Å². The van der Waals surface area contributed by atoms with E-state index in [-0.39, 0.29) is 13.2 Å². The molecule has 0 amide bonds. The quantitative estimate of drug-likeness (QED) is 0.830. The number of hydrogen-bond donors (Lipinski definition) is 1. The Kier molecular flexibility index (Phi) is 3.64. The lowest BCUT2D eigenvalue weighted by molar-refractivity contribution is -0.137. The van der Waals surface area contributed by atoms with Crippen molar-refractivity contribution >= 4 is 11.8 Å². The van der Waals surface area contributed by atoms with E-state index in [1.165, 1.54) is 6.92 Å². The van der Waals surface area contributed by atoms with Crippen molar-refractivity contribution in [1.29, 1.82) is 0 Å². The Labute approximate surface area is 95.3 Å². The predicted octanol–water partition coefficient (Wildman–Crippen LogP) is 1.68. The fourth-order valence-corrected chi connectivity index (χ4v) is 1.34. The van der Waals surface area contributed by atoms with E-state index in [0.717, 1.165) is 4.68 Å². The van der Waals surface area contributed by atoms with E-state index in [4.69, 9.17) is 5.73 Å². The van der Waals surface area contributed by atoms with Crippen molar-refractivity contribution in [3.8, 4) is 0 Å². The van der Waals surface area contributed by atoms with Crippen LogP contribution >= 0.6 is 0 Å². The number of nitrogens with two attached hydrogens (primary N) is 1. The van der Waals surface area contributed by atoms with Crippen LogP contribution in [-0.2, 0) is 17.5 Å². The van der Waals surface area contributed by atoms with Crippen LogP contribution in [0.25, 0.3) is 0 Å².